The van der Waals surface area contributed by atoms with Crippen molar-refractivity contribution in [1.29, 1.82) is 0 Å². The van der Waals surface area contributed by atoms with Crippen LogP contribution in [0, 0.1) is 6.92 Å². The van der Waals surface area contributed by atoms with Crippen molar-refractivity contribution in [2.24, 2.45) is 0 Å². The molecule has 0 radical (unpaired) electrons. The van der Waals surface area contributed by atoms with Crippen LogP contribution in [0.5, 0.6) is 0 Å². The van der Waals surface area contributed by atoms with Crippen LogP contribution in [-0.2, 0) is 0 Å². The summed E-state index contributed by atoms with van der Waals surface area (Å²) in [6.45, 7) is 8.01. The van der Waals surface area contributed by atoms with Crippen LogP contribution in [0.3, 0.4) is 0 Å². The molecule has 0 amide bonds. The fourth-order valence-electron chi connectivity index (χ4n) is 1.20. The Morgan fingerprint density at radius 2 is 2.00 bits per heavy atom. The minimum absolute atomic E-state index is 0.790. The molecule has 82 valence electrons. The van der Waals surface area contributed by atoms with Crippen molar-refractivity contribution in [2.75, 3.05) is 19.0 Å². The van der Waals surface area contributed by atoms with E-state index in [1.54, 1.807) is 0 Å². The number of hydrogen-bond acceptors (Lipinski definition) is 3. The van der Waals surface area contributed by atoms with Gasteiger partial charge in [-0.2, -0.15) is 0 Å². The van der Waals surface area contributed by atoms with E-state index in [1.807, 2.05) is 25.9 Å². The molecule has 0 aliphatic heterocycles. The van der Waals surface area contributed by atoms with Crippen LogP contribution in [0.1, 0.15) is 24.7 Å². The predicted molar refractivity (Wildman–Crippen MR) is 68.1 cm³/mol. The van der Waals surface area contributed by atoms with Gasteiger partial charge in [-0.3, -0.25) is 0 Å². The Labute approximate surface area is 99.4 Å². The highest BCUT2D eigenvalue weighted by Gasteiger charge is 2.13. The zero-order chi connectivity index (χ0) is 11.6. The Hall–Kier alpha value is -0.900. The molecule has 0 spiro atoms. The third kappa shape index (κ3) is 2.56. The molecule has 0 aliphatic rings. The van der Waals surface area contributed by atoms with E-state index < -0.39 is 0 Å². The number of anilines is 1. The van der Waals surface area contributed by atoms with Gasteiger partial charge >= 0.3 is 0 Å². The van der Waals surface area contributed by atoms with E-state index in [1.165, 1.54) is 0 Å². The molecule has 4 heteroatoms. The quantitative estimate of drug-likeness (QED) is 0.845. The van der Waals surface area contributed by atoms with E-state index in [0.717, 1.165) is 33.8 Å². The minimum Gasteiger partial charge on any atom is -0.361 e. The Kier molecular flexibility index (Phi) is 3.85. The molecule has 0 atom stereocenters. The third-order valence-electron chi connectivity index (χ3n) is 2.18. The monoisotopic (exact) mass is 269 g/mol. The summed E-state index contributed by atoms with van der Waals surface area (Å²) in [5.41, 5.74) is 2.78. The second-order valence-corrected chi connectivity index (χ2v) is 4.37. The van der Waals surface area contributed by atoms with Gasteiger partial charge in [0, 0.05) is 14.1 Å². The molecule has 0 saturated carbocycles. The maximum Gasteiger partial charge on any atom is 0.154 e. The van der Waals surface area contributed by atoms with Crippen LogP contribution < -0.4 is 4.90 Å². The molecule has 0 aliphatic carbocycles. The van der Waals surface area contributed by atoms with E-state index in [0.29, 0.717) is 0 Å². The van der Waals surface area contributed by atoms with Gasteiger partial charge in [0.2, 0.25) is 0 Å². The number of nitrogens with zero attached hydrogens (tertiary/aromatic N) is 3. The molecule has 1 aromatic heterocycles. The molecule has 0 saturated heterocycles. The zero-order valence-corrected chi connectivity index (χ0v) is 11.2. The smallest absolute Gasteiger partial charge is 0.154 e. The average molecular weight is 270 g/mol. The highest BCUT2D eigenvalue weighted by molar-refractivity contribution is 9.10. The first-order chi connectivity index (χ1) is 6.97. The highest BCUT2D eigenvalue weighted by Crippen LogP contribution is 2.26. The van der Waals surface area contributed by atoms with Crippen LogP contribution in [0.4, 0.5) is 5.82 Å². The van der Waals surface area contributed by atoms with E-state index >= 15 is 0 Å². The number of aromatic nitrogens is 2. The normalized spacial score (nSPS) is 10.2. The highest BCUT2D eigenvalue weighted by atomic mass is 79.9. The largest absolute Gasteiger partial charge is 0.361 e. The molecule has 0 fully saturated rings. The molecule has 0 unspecified atom stereocenters. The Bertz CT molecular complexity index is 386. The van der Waals surface area contributed by atoms with Crippen LogP contribution in [0.15, 0.2) is 11.2 Å². The van der Waals surface area contributed by atoms with Crippen LogP contribution in [-0.4, -0.2) is 24.1 Å². The molecular weight excluding hydrogens is 254 g/mol. The minimum atomic E-state index is 0.790. The number of rotatable bonds is 3. The second kappa shape index (κ2) is 4.75. The molecule has 1 rings (SSSR count). The molecule has 15 heavy (non-hydrogen) atoms. The summed E-state index contributed by atoms with van der Waals surface area (Å²) in [6, 6.07) is 0. The van der Waals surface area contributed by atoms with Gasteiger partial charge in [0.1, 0.15) is 10.3 Å². The second-order valence-electron chi connectivity index (χ2n) is 3.62. The van der Waals surface area contributed by atoms with E-state index in [4.69, 9.17) is 0 Å². The van der Waals surface area contributed by atoms with Crippen LogP contribution >= 0.6 is 15.9 Å². The molecule has 3 nitrogen and oxygen atoms in total. The lowest BCUT2D eigenvalue weighted by molar-refractivity contribution is 0.976. The molecule has 0 N–H and O–H groups in total. The summed E-state index contributed by atoms with van der Waals surface area (Å²) in [7, 11) is 3.92. The van der Waals surface area contributed by atoms with E-state index in [9.17, 15) is 0 Å². The summed E-state index contributed by atoms with van der Waals surface area (Å²) in [4.78, 5) is 10.9. The molecule has 0 aromatic carbocycles. The first-order valence-electron chi connectivity index (χ1n) is 4.87. The Balaban J connectivity index is 3.34. The third-order valence-corrected chi connectivity index (χ3v) is 2.93. The lowest BCUT2D eigenvalue weighted by atomic mass is 10.1. The van der Waals surface area contributed by atoms with Gasteiger partial charge in [-0.1, -0.05) is 13.5 Å². The molecule has 1 aromatic rings. The fourth-order valence-corrected chi connectivity index (χ4v) is 1.47. The van der Waals surface area contributed by atoms with Gasteiger partial charge in [-0.05, 0) is 34.8 Å². The van der Waals surface area contributed by atoms with Gasteiger partial charge in [-0.25, -0.2) is 9.97 Å². The van der Waals surface area contributed by atoms with Gasteiger partial charge in [0.25, 0.3) is 0 Å². The van der Waals surface area contributed by atoms with Crippen molar-refractivity contribution in [3.63, 3.8) is 0 Å². The molecule has 0 bridgehead atoms. The van der Waals surface area contributed by atoms with Crippen LogP contribution in [0.2, 0.25) is 0 Å². The maximum absolute atomic E-state index is 4.50. The standard InChI is InChI=1S/C11H16BrN3/c1-6-7(2)9-11(15(4)5)13-8(3)10(12)14-9/h2,6H2,1,3-5H3. The van der Waals surface area contributed by atoms with Crippen molar-refractivity contribution < 1.29 is 0 Å². The maximum atomic E-state index is 4.50. The first kappa shape index (κ1) is 12.2. The summed E-state index contributed by atoms with van der Waals surface area (Å²) < 4.78 is 0.790. The summed E-state index contributed by atoms with van der Waals surface area (Å²) in [6.07, 6.45) is 0.880. The van der Waals surface area contributed by atoms with Crippen molar-refractivity contribution in [3.05, 3.63) is 22.6 Å². The predicted octanol–water partition coefficient (Wildman–Crippen LogP) is 3.04. The SMILES string of the molecule is C=C(CC)c1nc(Br)c(C)nc1N(C)C. The van der Waals surface area contributed by atoms with Crippen molar-refractivity contribution in [1.82, 2.24) is 9.97 Å². The van der Waals surface area contributed by atoms with Crippen molar-refractivity contribution in [2.45, 2.75) is 20.3 Å². The first-order valence-corrected chi connectivity index (χ1v) is 5.66. The van der Waals surface area contributed by atoms with Gasteiger partial charge in [0.05, 0.1) is 5.69 Å². The summed E-state index contributed by atoms with van der Waals surface area (Å²) in [5.74, 6) is 0.877. The van der Waals surface area contributed by atoms with Crippen LogP contribution in [0.25, 0.3) is 5.57 Å². The van der Waals surface area contributed by atoms with Gasteiger partial charge in [0.15, 0.2) is 5.82 Å². The average Bonchev–Trinajstić information content (AvgIpc) is 2.20. The number of halogens is 1. The van der Waals surface area contributed by atoms with Gasteiger partial charge < -0.3 is 4.90 Å². The Morgan fingerprint density at radius 3 is 2.47 bits per heavy atom. The molecule has 1 heterocycles. The summed E-state index contributed by atoms with van der Waals surface area (Å²) >= 11 is 3.39. The fraction of sp³-hybridized carbons (Fsp3) is 0.455. The van der Waals surface area contributed by atoms with Gasteiger partial charge in [-0.15, -0.1) is 0 Å². The number of hydrogen-bond donors (Lipinski definition) is 0. The zero-order valence-electron chi connectivity index (χ0n) is 9.63. The molecular formula is C11H16BrN3. The van der Waals surface area contributed by atoms with E-state index in [2.05, 4.69) is 39.4 Å². The lowest BCUT2D eigenvalue weighted by Crippen LogP contribution is -2.15. The van der Waals surface area contributed by atoms with E-state index in [-0.39, 0.29) is 0 Å². The van der Waals surface area contributed by atoms with Crippen molar-refractivity contribution >= 4 is 27.3 Å². The summed E-state index contributed by atoms with van der Waals surface area (Å²) in [5, 5.41) is 0. The topological polar surface area (TPSA) is 29.0 Å². The number of allylic oxidation sites excluding steroid dienone is 1. The number of aryl methyl sites for hydroxylation is 1. The lowest BCUT2D eigenvalue weighted by Gasteiger charge is -2.17. The van der Waals surface area contributed by atoms with Crippen molar-refractivity contribution in [3.8, 4) is 0 Å². The Morgan fingerprint density at radius 1 is 1.40 bits per heavy atom.